The first kappa shape index (κ1) is 25.1. The van der Waals surface area contributed by atoms with E-state index in [1.807, 2.05) is 6.92 Å². The minimum Gasteiger partial charge on any atom is -0.392 e. The molecule has 4 rings (SSSR count). The summed E-state index contributed by atoms with van der Waals surface area (Å²) in [6.07, 6.45) is 0.335. The minimum absolute atomic E-state index is 0.00971. The Labute approximate surface area is 199 Å². The van der Waals surface area contributed by atoms with Crippen molar-refractivity contribution in [1.82, 2.24) is 14.7 Å². The summed E-state index contributed by atoms with van der Waals surface area (Å²) in [4.78, 5) is 13.4. The van der Waals surface area contributed by atoms with Crippen LogP contribution < -0.4 is 5.73 Å². The predicted molar refractivity (Wildman–Crippen MR) is 118 cm³/mol. The average Bonchev–Trinajstić information content (AvgIpc) is 3.34. The molecule has 0 bridgehead atoms. The minimum atomic E-state index is -4.51. The Morgan fingerprint density at radius 1 is 1.44 bits per heavy atom. The number of amides is 1. The van der Waals surface area contributed by atoms with Crippen LogP contribution in [0.5, 0.6) is 0 Å². The number of primary amides is 1. The smallest absolute Gasteiger partial charge is 0.392 e. The molecule has 0 aliphatic carbocycles. The lowest BCUT2D eigenvalue weighted by Crippen LogP contribution is -2.50. The number of alkyl halides is 3. The second-order valence-electron chi connectivity index (χ2n) is 9.42. The Morgan fingerprint density at radius 2 is 2.18 bits per heavy atom. The van der Waals surface area contributed by atoms with Crippen LogP contribution in [0.15, 0.2) is 12.4 Å². The molecule has 2 aliphatic rings. The molecule has 8 nitrogen and oxygen atoms in total. The molecule has 3 atom stereocenters. The van der Waals surface area contributed by atoms with Crippen LogP contribution in [0.4, 0.5) is 13.2 Å². The van der Waals surface area contributed by atoms with Crippen molar-refractivity contribution in [3.8, 4) is 0 Å². The largest absolute Gasteiger partial charge is 0.425 e. The van der Waals surface area contributed by atoms with Crippen molar-refractivity contribution in [3.63, 3.8) is 0 Å². The van der Waals surface area contributed by atoms with Gasteiger partial charge in [-0.2, -0.15) is 18.3 Å². The highest BCUT2D eigenvalue weighted by Crippen LogP contribution is 2.51. The Hall–Kier alpha value is -1.99. The van der Waals surface area contributed by atoms with Gasteiger partial charge in [-0.15, -0.1) is 11.3 Å². The van der Waals surface area contributed by atoms with Gasteiger partial charge in [0.15, 0.2) is 5.60 Å². The van der Waals surface area contributed by atoms with Gasteiger partial charge in [-0.1, -0.05) is 0 Å². The van der Waals surface area contributed by atoms with Crippen LogP contribution in [0.1, 0.15) is 53.1 Å². The van der Waals surface area contributed by atoms with E-state index in [9.17, 15) is 28.2 Å². The number of carbonyl (C=O) groups excluding carboxylic acids is 1. The number of aromatic nitrogens is 2. The predicted octanol–water partition coefficient (Wildman–Crippen LogP) is 2.14. The molecule has 2 aliphatic heterocycles. The third kappa shape index (κ3) is 4.61. The number of rotatable bonds is 6. The summed E-state index contributed by atoms with van der Waals surface area (Å²) in [7, 11) is 0. The Balaban J connectivity index is 1.50. The Kier molecular flexibility index (Phi) is 6.58. The van der Waals surface area contributed by atoms with Crippen LogP contribution in [0.25, 0.3) is 0 Å². The second-order valence-corrected chi connectivity index (χ2v) is 10.4. The van der Waals surface area contributed by atoms with Crippen molar-refractivity contribution in [1.29, 1.82) is 0 Å². The lowest BCUT2D eigenvalue weighted by atomic mass is 9.81. The van der Waals surface area contributed by atoms with Gasteiger partial charge in [-0.25, -0.2) is 0 Å². The molecule has 4 heterocycles. The molecule has 34 heavy (non-hydrogen) atoms. The molecule has 0 saturated carbocycles. The van der Waals surface area contributed by atoms with Crippen molar-refractivity contribution in [2.24, 2.45) is 5.73 Å². The molecular formula is C22H29F3N4O4S. The van der Waals surface area contributed by atoms with E-state index < -0.39 is 34.8 Å². The molecular weight excluding hydrogens is 473 g/mol. The van der Waals surface area contributed by atoms with Gasteiger partial charge in [0.05, 0.1) is 26.0 Å². The summed E-state index contributed by atoms with van der Waals surface area (Å²) in [5, 5.41) is 24.0. The lowest BCUT2D eigenvalue weighted by molar-refractivity contribution is -0.136. The number of fused-ring (bicyclic) bond motifs is 2. The maximum Gasteiger partial charge on any atom is 0.425 e. The number of carbonyl (C=O) groups is 1. The van der Waals surface area contributed by atoms with Crippen molar-refractivity contribution in [3.05, 3.63) is 38.8 Å². The third-order valence-electron chi connectivity index (χ3n) is 6.80. The van der Waals surface area contributed by atoms with E-state index in [2.05, 4.69) is 10.00 Å². The molecule has 1 fully saturated rings. The quantitative estimate of drug-likeness (QED) is 0.558. The summed E-state index contributed by atoms with van der Waals surface area (Å²) in [6.45, 7) is 4.15. The van der Waals surface area contributed by atoms with Gasteiger partial charge >= 0.3 is 6.18 Å². The molecule has 1 spiro atoms. The standard InChI is InChI=1S/C22H29F3N4O4S/c1-13-7-21(17-15(3-6-33-21)16(11-30)18(34-17)22(23,24)25)4-5-28(13)9-14-8-27-29(10-14)12-20(2,32)19(26)31/h8,10,13,30,32H,3-7,9,11-12H2,1-2H3,(H2,26,31)/t13-,20?,21+/m0/s1. The number of halogens is 3. The van der Waals surface area contributed by atoms with Crippen molar-refractivity contribution >= 4 is 17.2 Å². The number of hydrogen-bond donors (Lipinski definition) is 3. The van der Waals surface area contributed by atoms with Gasteiger partial charge in [0.25, 0.3) is 5.91 Å². The first-order chi connectivity index (χ1) is 15.9. The fourth-order valence-electron chi connectivity index (χ4n) is 4.97. The van der Waals surface area contributed by atoms with Gasteiger partial charge in [-0.05, 0) is 38.7 Å². The molecule has 0 radical (unpaired) electrons. The normalized spacial score (nSPS) is 25.3. The summed E-state index contributed by atoms with van der Waals surface area (Å²) in [5.41, 5.74) is 4.18. The zero-order valence-corrected chi connectivity index (χ0v) is 19.9. The van der Waals surface area contributed by atoms with E-state index in [-0.39, 0.29) is 18.2 Å². The summed E-state index contributed by atoms with van der Waals surface area (Å²) in [6, 6.07) is 0.0193. The Morgan fingerprint density at radius 3 is 2.79 bits per heavy atom. The van der Waals surface area contributed by atoms with Crippen LogP contribution in [0.3, 0.4) is 0 Å². The SMILES string of the molecule is C[C@H]1C[C@@]2(CCN1Cc1cnn(CC(C)(O)C(N)=O)c1)OCCc1c2sc(C(F)(F)F)c1CO. The van der Waals surface area contributed by atoms with Crippen LogP contribution in [0, 0.1) is 0 Å². The number of piperidine rings is 1. The first-order valence-electron chi connectivity index (χ1n) is 11.1. The molecule has 12 heteroatoms. The lowest BCUT2D eigenvalue weighted by Gasteiger charge is -2.47. The molecule has 0 aromatic carbocycles. The van der Waals surface area contributed by atoms with Crippen LogP contribution in [-0.4, -0.2) is 55.6 Å². The fourth-order valence-corrected chi connectivity index (χ4v) is 6.38. The molecule has 1 saturated heterocycles. The maximum absolute atomic E-state index is 13.6. The number of nitrogens with zero attached hydrogens (tertiary/aromatic N) is 3. The zero-order valence-electron chi connectivity index (χ0n) is 19.1. The Bertz CT molecular complexity index is 1070. The highest BCUT2D eigenvalue weighted by atomic mass is 32.1. The monoisotopic (exact) mass is 502 g/mol. The second kappa shape index (κ2) is 8.90. The molecule has 1 unspecified atom stereocenters. The molecule has 2 aromatic heterocycles. The number of ether oxygens (including phenoxy) is 1. The summed E-state index contributed by atoms with van der Waals surface area (Å²) >= 11 is 0.714. The number of nitrogens with two attached hydrogens (primary N) is 1. The highest BCUT2D eigenvalue weighted by Gasteiger charge is 2.48. The molecule has 1 amide bonds. The van der Waals surface area contributed by atoms with Gasteiger partial charge in [0.1, 0.15) is 10.5 Å². The van der Waals surface area contributed by atoms with Gasteiger partial charge in [0, 0.05) is 41.3 Å². The van der Waals surface area contributed by atoms with E-state index in [4.69, 9.17) is 10.5 Å². The van der Waals surface area contributed by atoms with Gasteiger partial charge < -0.3 is 20.7 Å². The topological polar surface area (TPSA) is 114 Å². The van der Waals surface area contributed by atoms with E-state index >= 15 is 0 Å². The van der Waals surface area contributed by atoms with E-state index in [0.29, 0.717) is 60.7 Å². The zero-order chi connectivity index (χ0) is 24.9. The van der Waals surface area contributed by atoms with Crippen LogP contribution in [-0.2, 0) is 47.4 Å². The third-order valence-corrected chi connectivity index (χ3v) is 8.31. The van der Waals surface area contributed by atoms with E-state index in [1.165, 1.54) is 11.6 Å². The van der Waals surface area contributed by atoms with Gasteiger partial charge in [-0.3, -0.25) is 14.4 Å². The fraction of sp³-hybridized carbons (Fsp3) is 0.636. The first-order valence-corrected chi connectivity index (χ1v) is 11.9. The van der Waals surface area contributed by atoms with E-state index in [0.717, 1.165) is 5.56 Å². The highest BCUT2D eigenvalue weighted by molar-refractivity contribution is 7.12. The number of aliphatic hydroxyl groups is 2. The maximum atomic E-state index is 13.6. The summed E-state index contributed by atoms with van der Waals surface area (Å²) < 4.78 is 48.4. The van der Waals surface area contributed by atoms with Crippen molar-refractivity contribution < 1.29 is 32.9 Å². The molecule has 188 valence electrons. The molecule has 4 N–H and O–H groups in total. The number of likely N-dealkylation sites (tertiary alicyclic amines) is 1. The van der Waals surface area contributed by atoms with Crippen molar-refractivity contribution in [2.45, 2.75) is 76.2 Å². The number of hydrogen-bond acceptors (Lipinski definition) is 7. The van der Waals surface area contributed by atoms with Crippen molar-refractivity contribution in [2.75, 3.05) is 13.2 Å². The summed E-state index contributed by atoms with van der Waals surface area (Å²) in [5.74, 6) is -0.835. The van der Waals surface area contributed by atoms with E-state index in [1.54, 1.807) is 12.4 Å². The van der Waals surface area contributed by atoms with Crippen LogP contribution in [0.2, 0.25) is 0 Å². The molecule has 2 aromatic rings. The number of aliphatic hydroxyl groups excluding tert-OH is 1. The van der Waals surface area contributed by atoms with Crippen LogP contribution >= 0.6 is 11.3 Å². The number of thiophene rings is 1. The van der Waals surface area contributed by atoms with Gasteiger partial charge in [0.2, 0.25) is 0 Å². The average molecular weight is 503 g/mol.